The summed E-state index contributed by atoms with van der Waals surface area (Å²) in [6, 6.07) is 9.92. The first kappa shape index (κ1) is 20.0. The summed E-state index contributed by atoms with van der Waals surface area (Å²) in [5, 5.41) is 4.53. The number of hydrogen-bond donors (Lipinski definition) is 0. The molecule has 1 aromatic carbocycles. The topological polar surface area (TPSA) is 73.4 Å². The lowest BCUT2D eigenvalue weighted by atomic mass is 10.0. The van der Waals surface area contributed by atoms with Gasteiger partial charge in [-0.05, 0) is 50.5 Å². The van der Waals surface area contributed by atoms with E-state index in [-0.39, 0.29) is 5.91 Å². The summed E-state index contributed by atoms with van der Waals surface area (Å²) >= 11 is 0. The van der Waals surface area contributed by atoms with Crippen LogP contribution in [0.2, 0.25) is 0 Å². The lowest BCUT2D eigenvalue weighted by Gasteiger charge is -2.25. The molecule has 31 heavy (non-hydrogen) atoms. The molecule has 1 saturated heterocycles. The van der Waals surface area contributed by atoms with E-state index in [0.29, 0.717) is 37.5 Å². The average Bonchev–Trinajstić information content (AvgIpc) is 3.35. The Morgan fingerprint density at radius 1 is 1.19 bits per heavy atom. The molecule has 7 heteroatoms. The standard InChI is InChI=1S/C24H28N4O3/c1-16-12-17(2)28(26-16)14-18-4-3-5-20(13-18)24(29)27-9-6-22-21(15-27)25-23(31-22)19-7-10-30-11-8-19/h3-5,12-13,19H,6-11,14-15H2,1-2H3. The smallest absolute Gasteiger partial charge is 0.254 e. The molecule has 0 N–H and O–H groups in total. The molecule has 1 fully saturated rings. The van der Waals surface area contributed by atoms with Crippen LogP contribution >= 0.6 is 0 Å². The van der Waals surface area contributed by atoms with Gasteiger partial charge < -0.3 is 14.1 Å². The summed E-state index contributed by atoms with van der Waals surface area (Å²) in [4.78, 5) is 19.9. The lowest BCUT2D eigenvalue weighted by Crippen LogP contribution is -2.35. The highest BCUT2D eigenvalue weighted by atomic mass is 16.5. The van der Waals surface area contributed by atoms with Crippen LogP contribution in [0.15, 0.2) is 34.7 Å². The van der Waals surface area contributed by atoms with Crippen molar-refractivity contribution in [2.24, 2.45) is 0 Å². The molecule has 2 aliphatic rings. The molecule has 0 atom stereocenters. The predicted molar refractivity (Wildman–Crippen MR) is 115 cm³/mol. The quantitative estimate of drug-likeness (QED) is 0.644. The molecule has 0 unspecified atom stereocenters. The number of rotatable bonds is 4. The number of aromatic nitrogens is 3. The van der Waals surface area contributed by atoms with E-state index in [1.807, 2.05) is 47.7 Å². The molecular weight excluding hydrogens is 392 g/mol. The van der Waals surface area contributed by atoms with Crippen LogP contribution in [-0.4, -0.2) is 45.3 Å². The Balaban J connectivity index is 1.30. The first-order chi connectivity index (χ1) is 15.1. The number of hydrogen-bond acceptors (Lipinski definition) is 5. The number of fused-ring (bicyclic) bond motifs is 1. The minimum absolute atomic E-state index is 0.0384. The van der Waals surface area contributed by atoms with E-state index in [1.165, 1.54) is 0 Å². The number of ether oxygens (including phenoxy) is 1. The second-order valence-corrected chi connectivity index (χ2v) is 8.57. The van der Waals surface area contributed by atoms with E-state index in [4.69, 9.17) is 14.1 Å². The van der Waals surface area contributed by atoms with Gasteiger partial charge in [-0.2, -0.15) is 5.10 Å². The van der Waals surface area contributed by atoms with Crippen molar-refractivity contribution in [2.45, 2.75) is 52.1 Å². The molecule has 3 aromatic rings. The van der Waals surface area contributed by atoms with Crippen LogP contribution in [0.4, 0.5) is 0 Å². The van der Waals surface area contributed by atoms with Crippen LogP contribution in [0.3, 0.4) is 0 Å². The Bertz CT molecular complexity index is 1090. The molecule has 0 spiro atoms. The van der Waals surface area contributed by atoms with Gasteiger partial charge in [-0.15, -0.1) is 0 Å². The minimum atomic E-state index is 0.0384. The van der Waals surface area contributed by atoms with E-state index in [0.717, 1.165) is 60.4 Å². The third-order valence-corrected chi connectivity index (χ3v) is 6.21. The molecule has 162 valence electrons. The fourth-order valence-electron chi connectivity index (χ4n) is 4.50. The van der Waals surface area contributed by atoms with Crippen LogP contribution in [-0.2, 0) is 24.2 Å². The third-order valence-electron chi connectivity index (χ3n) is 6.21. The van der Waals surface area contributed by atoms with Crippen molar-refractivity contribution in [2.75, 3.05) is 19.8 Å². The first-order valence-electron chi connectivity index (χ1n) is 11.0. The summed E-state index contributed by atoms with van der Waals surface area (Å²) in [6.07, 6.45) is 2.61. The zero-order valence-electron chi connectivity index (χ0n) is 18.1. The molecule has 0 radical (unpaired) electrons. The largest absolute Gasteiger partial charge is 0.445 e. The van der Waals surface area contributed by atoms with Gasteiger partial charge in [0.25, 0.3) is 5.91 Å². The van der Waals surface area contributed by atoms with Gasteiger partial charge in [0.2, 0.25) is 0 Å². The summed E-state index contributed by atoms with van der Waals surface area (Å²) in [6.45, 7) is 7.37. The average molecular weight is 421 g/mol. The van der Waals surface area contributed by atoms with E-state index < -0.39 is 0 Å². The Morgan fingerprint density at radius 2 is 2.03 bits per heavy atom. The van der Waals surface area contributed by atoms with Crippen molar-refractivity contribution in [1.29, 1.82) is 0 Å². The number of carbonyl (C=O) groups excluding carboxylic acids is 1. The number of benzene rings is 1. The van der Waals surface area contributed by atoms with Crippen LogP contribution in [0.25, 0.3) is 0 Å². The van der Waals surface area contributed by atoms with Gasteiger partial charge in [0.1, 0.15) is 11.5 Å². The van der Waals surface area contributed by atoms with Crippen molar-refractivity contribution in [1.82, 2.24) is 19.7 Å². The zero-order chi connectivity index (χ0) is 21.4. The molecule has 2 aliphatic heterocycles. The van der Waals surface area contributed by atoms with Gasteiger partial charge in [-0.3, -0.25) is 9.48 Å². The van der Waals surface area contributed by atoms with Gasteiger partial charge in [0.05, 0.1) is 18.8 Å². The maximum Gasteiger partial charge on any atom is 0.254 e. The Labute approximate surface area is 182 Å². The Morgan fingerprint density at radius 3 is 2.81 bits per heavy atom. The number of aryl methyl sites for hydroxylation is 2. The minimum Gasteiger partial charge on any atom is -0.445 e. The summed E-state index contributed by atoms with van der Waals surface area (Å²) < 4.78 is 13.5. The maximum atomic E-state index is 13.2. The lowest BCUT2D eigenvalue weighted by molar-refractivity contribution is 0.0725. The highest BCUT2D eigenvalue weighted by molar-refractivity contribution is 5.94. The SMILES string of the molecule is Cc1cc(C)n(Cc2cccc(C(=O)N3CCc4oc(C5CCOCC5)nc4C3)c2)n1. The van der Waals surface area contributed by atoms with Gasteiger partial charge in [0.15, 0.2) is 5.89 Å². The van der Waals surface area contributed by atoms with Crippen molar-refractivity contribution < 1.29 is 13.9 Å². The van der Waals surface area contributed by atoms with Crippen molar-refractivity contribution >= 4 is 5.91 Å². The molecule has 4 heterocycles. The van der Waals surface area contributed by atoms with Gasteiger partial charge in [-0.25, -0.2) is 4.98 Å². The van der Waals surface area contributed by atoms with Gasteiger partial charge in [0, 0.05) is 43.4 Å². The zero-order valence-corrected chi connectivity index (χ0v) is 18.1. The Hall–Kier alpha value is -2.93. The first-order valence-corrected chi connectivity index (χ1v) is 11.0. The highest BCUT2D eigenvalue weighted by Crippen LogP contribution is 2.30. The molecule has 5 rings (SSSR count). The number of amides is 1. The van der Waals surface area contributed by atoms with E-state index in [2.05, 4.69) is 11.2 Å². The fraction of sp³-hybridized carbons (Fsp3) is 0.458. The molecule has 2 aromatic heterocycles. The van der Waals surface area contributed by atoms with Gasteiger partial charge in [-0.1, -0.05) is 12.1 Å². The molecule has 7 nitrogen and oxygen atoms in total. The van der Waals surface area contributed by atoms with E-state index in [1.54, 1.807) is 0 Å². The Kier molecular flexibility index (Phi) is 5.36. The fourth-order valence-corrected chi connectivity index (χ4v) is 4.50. The van der Waals surface area contributed by atoms with Crippen molar-refractivity contribution in [3.05, 3.63) is 70.2 Å². The monoisotopic (exact) mass is 420 g/mol. The molecular formula is C24H28N4O3. The highest BCUT2D eigenvalue weighted by Gasteiger charge is 2.29. The third kappa shape index (κ3) is 4.14. The maximum absolute atomic E-state index is 13.2. The number of oxazole rings is 1. The molecule has 0 saturated carbocycles. The van der Waals surface area contributed by atoms with Crippen LogP contribution < -0.4 is 0 Å². The summed E-state index contributed by atoms with van der Waals surface area (Å²) in [7, 11) is 0. The van der Waals surface area contributed by atoms with E-state index in [9.17, 15) is 4.79 Å². The van der Waals surface area contributed by atoms with Crippen LogP contribution in [0, 0.1) is 13.8 Å². The summed E-state index contributed by atoms with van der Waals surface area (Å²) in [5.41, 5.74) is 4.79. The molecule has 1 amide bonds. The van der Waals surface area contributed by atoms with E-state index >= 15 is 0 Å². The molecule has 0 aliphatic carbocycles. The normalized spacial score (nSPS) is 17.0. The summed E-state index contributed by atoms with van der Waals surface area (Å²) in [5.74, 6) is 2.12. The number of carbonyl (C=O) groups is 1. The molecule has 0 bridgehead atoms. The van der Waals surface area contributed by atoms with Crippen LogP contribution in [0.1, 0.15) is 63.4 Å². The predicted octanol–water partition coefficient (Wildman–Crippen LogP) is 3.63. The van der Waals surface area contributed by atoms with Crippen LogP contribution in [0.5, 0.6) is 0 Å². The number of nitrogens with zero attached hydrogens (tertiary/aromatic N) is 4. The van der Waals surface area contributed by atoms with Gasteiger partial charge >= 0.3 is 0 Å². The second kappa shape index (κ2) is 8.30. The van der Waals surface area contributed by atoms with Crippen molar-refractivity contribution in [3.63, 3.8) is 0 Å². The van der Waals surface area contributed by atoms with Crippen molar-refractivity contribution in [3.8, 4) is 0 Å². The second-order valence-electron chi connectivity index (χ2n) is 8.57.